The molecule has 1 N–H and O–H groups in total. The van der Waals surface area contributed by atoms with Crippen molar-refractivity contribution in [1.29, 1.82) is 0 Å². The second-order valence-electron chi connectivity index (χ2n) is 8.94. The number of furan rings is 1. The summed E-state index contributed by atoms with van der Waals surface area (Å²) in [6.45, 7) is 3.39. The molecule has 4 heterocycles. The zero-order valence-electron chi connectivity index (χ0n) is 17.1. The monoisotopic (exact) mass is 408 g/mol. The summed E-state index contributed by atoms with van der Waals surface area (Å²) in [6, 6.07) is 7.58. The van der Waals surface area contributed by atoms with Gasteiger partial charge in [-0.3, -0.25) is 9.59 Å². The number of nitrogens with one attached hydrogen (secondary N) is 1. The molecule has 1 aliphatic carbocycles. The molecule has 2 aromatic heterocycles. The van der Waals surface area contributed by atoms with Crippen LogP contribution in [0.25, 0.3) is 0 Å². The zero-order chi connectivity index (χ0) is 20.6. The highest BCUT2D eigenvalue weighted by Crippen LogP contribution is 2.44. The van der Waals surface area contributed by atoms with E-state index in [2.05, 4.69) is 15.2 Å². The molecule has 3 fully saturated rings. The standard InChI is InChI=1S/C23H28N4O3/c28-21(18-7-11-30-15-18)26-10-3-8-23(22(29)25-12-17-5-6-17)16-27(14-19(23)13-26)20-4-1-2-9-24-20/h1-2,4,7,9,11,15,17,19H,3,5-6,8,10,12-14,16H2,(H,25,29)/t19-,23-/m0/s1. The van der Waals surface area contributed by atoms with Gasteiger partial charge in [0.05, 0.1) is 17.2 Å². The lowest BCUT2D eigenvalue weighted by atomic mass is 9.74. The second-order valence-corrected chi connectivity index (χ2v) is 8.94. The van der Waals surface area contributed by atoms with Gasteiger partial charge in [0.2, 0.25) is 5.91 Å². The Morgan fingerprint density at radius 2 is 2.13 bits per heavy atom. The Morgan fingerprint density at radius 3 is 2.87 bits per heavy atom. The maximum atomic E-state index is 13.5. The van der Waals surface area contributed by atoms with Crippen molar-refractivity contribution in [3.8, 4) is 0 Å². The first-order valence-electron chi connectivity index (χ1n) is 10.9. The summed E-state index contributed by atoms with van der Waals surface area (Å²) < 4.78 is 5.11. The number of carbonyl (C=O) groups is 2. The second kappa shape index (κ2) is 7.78. The highest BCUT2D eigenvalue weighted by Gasteiger charge is 2.53. The molecule has 2 saturated heterocycles. The van der Waals surface area contributed by atoms with Gasteiger partial charge in [-0.2, -0.15) is 0 Å². The first kappa shape index (κ1) is 19.2. The van der Waals surface area contributed by atoms with Gasteiger partial charge in [0.25, 0.3) is 5.91 Å². The molecule has 2 aliphatic heterocycles. The van der Waals surface area contributed by atoms with Crippen LogP contribution in [0.1, 0.15) is 36.0 Å². The Kier molecular flexibility index (Phi) is 4.97. The minimum absolute atomic E-state index is 0.0192. The van der Waals surface area contributed by atoms with Crippen LogP contribution in [-0.2, 0) is 4.79 Å². The topological polar surface area (TPSA) is 78.7 Å². The maximum Gasteiger partial charge on any atom is 0.257 e. The van der Waals surface area contributed by atoms with Gasteiger partial charge in [0.1, 0.15) is 12.1 Å². The van der Waals surface area contributed by atoms with E-state index >= 15 is 0 Å². The van der Waals surface area contributed by atoms with E-state index in [-0.39, 0.29) is 17.7 Å². The molecule has 2 atom stereocenters. The summed E-state index contributed by atoms with van der Waals surface area (Å²) in [5.41, 5.74) is 0.0814. The number of pyridine rings is 1. The molecule has 3 aliphatic rings. The van der Waals surface area contributed by atoms with E-state index in [1.807, 2.05) is 23.1 Å². The molecular weight excluding hydrogens is 380 g/mol. The fourth-order valence-electron chi connectivity index (χ4n) is 5.01. The predicted molar refractivity (Wildman–Crippen MR) is 112 cm³/mol. The molecule has 7 nitrogen and oxygen atoms in total. The molecule has 0 aromatic carbocycles. The number of anilines is 1. The lowest BCUT2D eigenvalue weighted by Crippen LogP contribution is -2.48. The van der Waals surface area contributed by atoms with Gasteiger partial charge in [0, 0.05) is 44.8 Å². The normalized spacial score (nSPS) is 26.2. The molecule has 158 valence electrons. The molecule has 0 spiro atoms. The predicted octanol–water partition coefficient (Wildman–Crippen LogP) is 2.56. The zero-order valence-corrected chi connectivity index (χ0v) is 17.1. The maximum absolute atomic E-state index is 13.5. The third-order valence-corrected chi connectivity index (χ3v) is 6.92. The van der Waals surface area contributed by atoms with E-state index < -0.39 is 5.41 Å². The Bertz CT molecular complexity index is 896. The molecule has 2 amide bonds. The average molecular weight is 409 g/mol. The third kappa shape index (κ3) is 3.57. The Morgan fingerprint density at radius 1 is 1.23 bits per heavy atom. The van der Waals surface area contributed by atoms with Crippen molar-refractivity contribution in [2.75, 3.05) is 37.6 Å². The average Bonchev–Trinajstić information content (AvgIpc) is 3.36. The van der Waals surface area contributed by atoms with Crippen LogP contribution in [0.2, 0.25) is 0 Å². The van der Waals surface area contributed by atoms with Crippen LogP contribution in [0.4, 0.5) is 5.82 Å². The number of amides is 2. The van der Waals surface area contributed by atoms with E-state index in [0.29, 0.717) is 31.1 Å². The van der Waals surface area contributed by atoms with E-state index in [1.165, 1.54) is 25.4 Å². The molecule has 2 aromatic rings. The number of nitrogens with zero attached hydrogens (tertiary/aromatic N) is 3. The van der Waals surface area contributed by atoms with Gasteiger partial charge in [-0.05, 0) is 49.8 Å². The van der Waals surface area contributed by atoms with Gasteiger partial charge in [-0.1, -0.05) is 6.07 Å². The van der Waals surface area contributed by atoms with Crippen molar-refractivity contribution in [2.24, 2.45) is 17.3 Å². The van der Waals surface area contributed by atoms with Gasteiger partial charge < -0.3 is 19.5 Å². The molecule has 30 heavy (non-hydrogen) atoms. The lowest BCUT2D eigenvalue weighted by molar-refractivity contribution is -0.132. The number of hydrogen-bond donors (Lipinski definition) is 1. The van der Waals surface area contributed by atoms with Crippen LogP contribution in [0, 0.1) is 17.3 Å². The number of likely N-dealkylation sites (tertiary alicyclic amines) is 1. The minimum Gasteiger partial charge on any atom is -0.472 e. The molecule has 0 bridgehead atoms. The number of fused-ring (bicyclic) bond motifs is 1. The Hall–Kier alpha value is -2.83. The SMILES string of the molecule is O=C(c1ccoc1)N1CCC[C@]2(C(=O)NCC3CC3)CN(c3ccccn3)C[C@@H]2C1. The van der Waals surface area contributed by atoms with E-state index in [4.69, 9.17) is 4.42 Å². The quantitative estimate of drug-likeness (QED) is 0.823. The van der Waals surface area contributed by atoms with Gasteiger partial charge in [0.15, 0.2) is 0 Å². The number of carbonyl (C=O) groups excluding carboxylic acids is 2. The van der Waals surface area contributed by atoms with Crippen molar-refractivity contribution in [3.63, 3.8) is 0 Å². The molecule has 5 rings (SSSR count). The van der Waals surface area contributed by atoms with E-state index in [9.17, 15) is 9.59 Å². The highest BCUT2D eigenvalue weighted by atomic mass is 16.3. The summed E-state index contributed by atoms with van der Waals surface area (Å²) >= 11 is 0. The van der Waals surface area contributed by atoms with Crippen molar-refractivity contribution < 1.29 is 14.0 Å². The minimum atomic E-state index is -0.488. The van der Waals surface area contributed by atoms with Crippen LogP contribution in [-0.4, -0.2) is 54.4 Å². The molecular formula is C23H28N4O3. The Balaban J connectivity index is 1.41. The van der Waals surface area contributed by atoms with E-state index in [1.54, 1.807) is 12.3 Å². The van der Waals surface area contributed by atoms with Crippen LogP contribution in [0.5, 0.6) is 0 Å². The van der Waals surface area contributed by atoms with Crippen molar-refractivity contribution in [1.82, 2.24) is 15.2 Å². The number of rotatable bonds is 5. The Labute approximate surface area is 176 Å². The molecule has 7 heteroatoms. The first-order chi connectivity index (χ1) is 14.7. The van der Waals surface area contributed by atoms with Gasteiger partial charge in [-0.15, -0.1) is 0 Å². The first-order valence-corrected chi connectivity index (χ1v) is 10.9. The lowest BCUT2D eigenvalue weighted by Gasteiger charge is -2.32. The van der Waals surface area contributed by atoms with Crippen LogP contribution in [0.15, 0.2) is 47.4 Å². The molecule has 0 unspecified atom stereocenters. The third-order valence-electron chi connectivity index (χ3n) is 6.92. The smallest absolute Gasteiger partial charge is 0.257 e. The summed E-state index contributed by atoms with van der Waals surface area (Å²) in [4.78, 5) is 35.1. The summed E-state index contributed by atoms with van der Waals surface area (Å²) in [6.07, 6.45) is 8.84. The molecule has 1 saturated carbocycles. The van der Waals surface area contributed by atoms with Gasteiger partial charge in [-0.25, -0.2) is 4.98 Å². The van der Waals surface area contributed by atoms with Crippen molar-refractivity contribution >= 4 is 17.6 Å². The van der Waals surface area contributed by atoms with Crippen molar-refractivity contribution in [3.05, 3.63) is 48.6 Å². The summed E-state index contributed by atoms with van der Waals surface area (Å²) in [5, 5.41) is 3.24. The summed E-state index contributed by atoms with van der Waals surface area (Å²) in [5.74, 6) is 1.73. The van der Waals surface area contributed by atoms with Crippen LogP contribution >= 0.6 is 0 Å². The summed E-state index contributed by atoms with van der Waals surface area (Å²) in [7, 11) is 0. The highest BCUT2D eigenvalue weighted by molar-refractivity contribution is 5.94. The number of hydrogen-bond acceptors (Lipinski definition) is 5. The fourth-order valence-corrected chi connectivity index (χ4v) is 5.01. The fraction of sp³-hybridized carbons (Fsp3) is 0.522. The van der Waals surface area contributed by atoms with Gasteiger partial charge >= 0.3 is 0 Å². The van der Waals surface area contributed by atoms with Crippen LogP contribution < -0.4 is 10.2 Å². The van der Waals surface area contributed by atoms with E-state index in [0.717, 1.165) is 31.7 Å². The number of aromatic nitrogens is 1. The van der Waals surface area contributed by atoms with Crippen molar-refractivity contribution in [2.45, 2.75) is 25.7 Å². The largest absolute Gasteiger partial charge is 0.472 e. The molecule has 0 radical (unpaired) electrons. The van der Waals surface area contributed by atoms with Crippen LogP contribution in [0.3, 0.4) is 0 Å².